The third kappa shape index (κ3) is 4.46. The van der Waals surface area contributed by atoms with Crippen LogP contribution in [-0.2, 0) is 4.79 Å². The molecule has 1 N–H and O–H groups in total. The zero-order valence-corrected chi connectivity index (χ0v) is 13.2. The van der Waals surface area contributed by atoms with Crippen LogP contribution in [0, 0.1) is 0 Å². The molecule has 21 heavy (non-hydrogen) atoms. The molecule has 1 aliphatic heterocycles. The van der Waals surface area contributed by atoms with Gasteiger partial charge in [-0.1, -0.05) is 18.2 Å². The Labute approximate surface area is 128 Å². The summed E-state index contributed by atoms with van der Waals surface area (Å²) in [4.78, 5) is 16.3. The van der Waals surface area contributed by atoms with Gasteiger partial charge >= 0.3 is 0 Å². The zero-order valence-electron chi connectivity index (χ0n) is 13.2. The predicted octanol–water partition coefficient (Wildman–Crippen LogP) is 2.11. The SMILES string of the molecule is CCN(CC)C(=O)CNC1CCN(c2ccccc2)CC1. The van der Waals surface area contributed by atoms with E-state index in [2.05, 4.69) is 40.5 Å². The minimum Gasteiger partial charge on any atom is -0.371 e. The van der Waals surface area contributed by atoms with E-state index in [1.54, 1.807) is 0 Å². The summed E-state index contributed by atoms with van der Waals surface area (Å²) in [6.45, 7) is 8.23. The highest BCUT2D eigenvalue weighted by Gasteiger charge is 2.20. The highest BCUT2D eigenvalue weighted by atomic mass is 16.2. The Hall–Kier alpha value is -1.55. The molecule has 1 heterocycles. The first-order chi connectivity index (χ1) is 10.2. The van der Waals surface area contributed by atoms with E-state index in [-0.39, 0.29) is 5.91 Å². The van der Waals surface area contributed by atoms with Gasteiger partial charge in [-0.15, -0.1) is 0 Å². The molecule has 4 nitrogen and oxygen atoms in total. The van der Waals surface area contributed by atoms with Crippen molar-refractivity contribution in [2.45, 2.75) is 32.7 Å². The van der Waals surface area contributed by atoms with Crippen molar-refractivity contribution in [1.82, 2.24) is 10.2 Å². The van der Waals surface area contributed by atoms with Gasteiger partial charge in [0, 0.05) is 37.9 Å². The van der Waals surface area contributed by atoms with Crippen LogP contribution < -0.4 is 10.2 Å². The number of hydrogen-bond donors (Lipinski definition) is 1. The number of anilines is 1. The van der Waals surface area contributed by atoms with Crippen LogP contribution in [0.15, 0.2) is 30.3 Å². The molecule has 1 fully saturated rings. The summed E-state index contributed by atoms with van der Waals surface area (Å²) < 4.78 is 0. The van der Waals surface area contributed by atoms with E-state index in [0.29, 0.717) is 12.6 Å². The molecule has 0 aliphatic carbocycles. The lowest BCUT2D eigenvalue weighted by molar-refractivity contribution is -0.130. The number of likely N-dealkylation sites (N-methyl/N-ethyl adjacent to an activating group) is 1. The first-order valence-corrected chi connectivity index (χ1v) is 8.05. The summed E-state index contributed by atoms with van der Waals surface area (Å²) in [5.74, 6) is 0.213. The molecular formula is C17H27N3O. The molecule has 0 aromatic heterocycles. The van der Waals surface area contributed by atoms with Crippen LogP contribution in [0.25, 0.3) is 0 Å². The number of carbonyl (C=O) groups excluding carboxylic acids is 1. The van der Waals surface area contributed by atoms with E-state index < -0.39 is 0 Å². The molecule has 0 spiro atoms. The largest absolute Gasteiger partial charge is 0.371 e. The van der Waals surface area contributed by atoms with Crippen LogP contribution in [-0.4, -0.2) is 49.6 Å². The maximum Gasteiger partial charge on any atom is 0.236 e. The van der Waals surface area contributed by atoms with Crippen molar-refractivity contribution < 1.29 is 4.79 Å². The lowest BCUT2D eigenvalue weighted by atomic mass is 10.0. The lowest BCUT2D eigenvalue weighted by Gasteiger charge is -2.34. The first kappa shape index (κ1) is 15.8. The Bertz CT molecular complexity index is 423. The number of carbonyl (C=O) groups is 1. The van der Waals surface area contributed by atoms with Crippen LogP contribution in [0.4, 0.5) is 5.69 Å². The van der Waals surface area contributed by atoms with Crippen LogP contribution in [0.2, 0.25) is 0 Å². The summed E-state index contributed by atoms with van der Waals surface area (Å²) in [6.07, 6.45) is 2.20. The fraction of sp³-hybridized carbons (Fsp3) is 0.588. The molecule has 0 bridgehead atoms. The Morgan fingerprint density at radius 2 is 1.81 bits per heavy atom. The van der Waals surface area contributed by atoms with Gasteiger partial charge in [0.2, 0.25) is 5.91 Å². The second-order valence-corrected chi connectivity index (χ2v) is 5.54. The monoisotopic (exact) mass is 289 g/mol. The van der Waals surface area contributed by atoms with Crippen LogP contribution >= 0.6 is 0 Å². The van der Waals surface area contributed by atoms with Gasteiger partial charge in [-0.05, 0) is 38.8 Å². The standard InChI is InChI=1S/C17H27N3O/c1-3-19(4-2)17(21)14-18-15-10-12-20(13-11-15)16-8-6-5-7-9-16/h5-9,15,18H,3-4,10-14H2,1-2H3. The van der Waals surface area contributed by atoms with E-state index in [1.807, 2.05) is 18.7 Å². The van der Waals surface area contributed by atoms with Gasteiger partial charge in [-0.25, -0.2) is 0 Å². The summed E-state index contributed by atoms with van der Waals surface area (Å²) in [5, 5.41) is 3.42. The lowest BCUT2D eigenvalue weighted by Crippen LogP contribution is -2.46. The van der Waals surface area contributed by atoms with Crippen molar-refractivity contribution in [3.63, 3.8) is 0 Å². The van der Waals surface area contributed by atoms with Crippen LogP contribution in [0.3, 0.4) is 0 Å². The molecule has 0 unspecified atom stereocenters. The molecule has 0 saturated carbocycles. The number of nitrogens with zero attached hydrogens (tertiary/aromatic N) is 2. The van der Waals surface area contributed by atoms with Crippen molar-refractivity contribution in [1.29, 1.82) is 0 Å². The normalized spacial score (nSPS) is 16.0. The summed E-state index contributed by atoms with van der Waals surface area (Å²) in [7, 11) is 0. The molecule has 116 valence electrons. The molecule has 1 aromatic rings. The average molecular weight is 289 g/mol. The number of para-hydroxylation sites is 1. The van der Waals surface area contributed by atoms with E-state index in [4.69, 9.17) is 0 Å². The number of piperidine rings is 1. The van der Waals surface area contributed by atoms with E-state index in [9.17, 15) is 4.79 Å². The highest BCUT2D eigenvalue weighted by Crippen LogP contribution is 2.19. The maximum atomic E-state index is 12.0. The number of nitrogens with one attached hydrogen (secondary N) is 1. The van der Waals surface area contributed by atoms with Gasteiger partial charge in [0.15, 0.2) is 0 Å². The van der Waals surface area contributed by atoms with Gasteiger partial charge in [0.25, 0.3) is 0 Å². The summed E-state index contributed by atoms with van der Waals surface area (Å²) in [5.41, 5.74) is 1.30. The topological polar surface area (TPSA) is 35.6 Å². The predicted molar refractivity (Wildman–Crippen MR) is 87.6 cm³/mol. The molecule has 0 radical (unpaired) electrons. The molecule has 1 aliphatic rings. The van der Waals surface area contributed by atoms with Gasteiger partial charge in [0.05, 0.1) is 6.54 Å². The van der Waals surface area contributed by atoms with Crippen LogP contribution in [0.5, 0.6) is 0 Å². The average Bonchev–Trinajstić information content (AvgIpc) is 2.55. The third-order valence-electron chi connectivity index (χ3n) is 4.27. The third-order valence-corrected chi connectivity index (χ3v) is 4.27. The Morgan fingerprint density at radius 1 is 1.19 bits per heavy atom. The van der Waals surface area contributed by atoms with Gasteiger partial charge < -0.3 is 15.1 Å². The van der Waals surface area contributed by atoms with Crippen LogP contribution in [0.1, 0.15) is 26.7 Å². The second-order valence-electron chi connectivity index (χ2n) is 5.54. The minimum absolute atomic E-state index is 0.213. The summed E-state index contributed by atoms with van der Waals surface area (Å²) >= 11 is 0. The van der Waals surface area contributed by atoms with E-state index in [0.717, 1.165) is 39.0 Å². The minimum atomic E-state index is 0.213. The smallest absolute Gasteiger partial charge is 0.236 e. The fourth-order valence-corrected chi connectivity index (χ4v) is 2.90. The van der Waals surface area contributed by atoms with Crippen molar-refractivity contribution in [2.75, 3.05) is 37.6 Å². The van der Waals surface area contributed by atoms with Crippen molar-refractivity contribution >= 4 is 11.6 Å². The zero-order chi connectivity index (χ0) is 15.1. The molecule has 1 saturated heterocycles. The second kappa shape index (κ2) is 8.03. The van der Waals surface area contributed by atoms with E-state index in [1.165, 1.54) is 5.69 Å². The highest BCUT2D eigenvalue weighted by molar-refractivity contribution is 5.78. The van der Waals surface area contributed by atoms with E-state index >= 15 is 0 Å². The number of hydrogen-bond acceptors (Lipinski definition) is 3. The fourth-order valence-electron chi connectivity index (χ4n) is 2.90. The van der Waals surface area contributed by atoms with Gasteiger partial charge in [0.1, 0.15) is 0 Å². The number of rotatable bonds is 6. The quantitative estimate of drug-likeness (QED) is 0.871. The van der Waals surface area contributed by atoms with Gasteiger partial charge in [-0.2, -0.15) is 0 Å². The van der Waals surface area contributed by atoms with Crippen molar-refractivity contribution in [3.05, 3.63) is 30.3 Å². The maximum absolute atomic E-state index is 12.0. The Morgan fingerprint density at radius 3 is 2.38 bits per heavy atom. The number of benzene rings is 1. The Kier molecular flexibility index (Phi) is 6.05. The molecule has 4 heteroatoms. The molecule has 0 atom stereocenters. The van der Waals surface area contributed by atoms with Crippen molar-refractivity contribution in [3.8, 4) is 0 Å². The Balaban J connectivity index is 1.73. The summed E-state index contributed by atoms with van der Waals surface area (Å²) in [6, 6.07) is 11.0. The number of amides is 1. The first-order valence-electron chi connectivity index (χ1n) is 8.05. The molecule has 2 rings (SSSR count). The molecular weight excluding hydrogens is 262 g/mol. The van der Waals surface area contributed by atoms with Gasteiger partial charge in [-0.3, -0.25) is 4.79 Å². The molecule has 1 amide bonds. The molecule has 1 aromatic carbocycles. The van der Waals surface area contributed by atoms with Crippen molar-refractivity contribution in [2.24, 2.45) is 0 Å².